The Hall–Kier alpha value is -3.00. The summed E-state index contributed by atoms with van der Waals surface area (Å²) in [7, 11) is 0. The van der Waals surface area contributed by atoms with Crippen LogP contribution in [0, 0.1) is 22.4 Å². The minimum absolute atomic E-state index is 0.0396. The molecule has 0 unspecified atom stereocenters. The molecule has 96 valence electrons. The van der Waals surface area contributed by atoms with E-state index in [9.17, 15) is 14.4 Å². The number of Topliss-reactive ketones (excluding diaryl/α,β-unsaturated/α-hetero) is 1. The number of hydrogen-bond acceptors (Lipinski definition) is 3. The Balaban J connectivity index is 2.25. The molecule has 0 aromatic heterocycles. The van der Waals surface area contributed by atoms with E-state index in [1.54, 1.807) is 6.07 Å². The fraction of sp³-hybridized carbons (Fsp3) is 0. The fourth-order valence-electron chi connectivity index (χ4n) is 2.19. The number of carbonyl (C=O) groups excluding carboxylic acids is 1. The van der Waals surface area contributed by atoms with Gasteiger partial charge in [0.05, 0.1) is 17.2 Å². The molecule has 0 saturated heterocycles. The molecule has 0 N–H and O–H groups in total. The first-order chi connectivity index (χ1) is 9.63. The van der Waals surface area contributed by atoms with Gasteiger partial charge in [-0.3, -0.25) is 4.79 Å². The van der Waals surface area contributed by atoms with Gasteiger partial charge in [-0.2, -0.15) is 10.0 Å². The molecule has 0 bridgehead atoms. The standard InChI is InChI=1S/C15H7FN2O2/c16-12-4-2-1-3-10(12)14-15(19)11-6-5-9(8-17)7-13(11)18(14)20/h1-7H. The summed E-state index contributed by atoms with van der Waals surface area (Å²) in [5.74, 6) is -1.17. The van der Waals surface area contributed by atoms with Crippen LogP contribution in [0.2, 0.25) is 0 Å². The molecule has 0 radical (unpaired) electrons. The molecular weight excluding hydrogens is 259 g/mol. The first-order valence-corrected chi connectivity index (χ1v) is 5.81. The topological polar surface area (TPSA) is 66.9 Å². The lowest BCUT2D eigenvalue weighted by atomic mass is 10.0. The van der Waals surface area contributed by atoms with Gasteiger partial charge in [0.25, 0.3) is 11.5 Å². The van der Waals surface area contributed by atoms with Crippen molar-refractivity contribution in [1.29, 1.82) is 5.26 Å². The van der Waals surface area contributed by atoms with Crippen molar-refractivity contribution >= 4 is 17.2 Å². The molecule has 0 spiro atoms. The summed E-state index contributed by atoms with van der Waals surface area (Å²) in [4.78, 5) is 12.2. The molecule has 0 amide bonds. The number of fused-ring (bicyclic) bond motifs is 1. The smallest absolute Gasteiger partial charge is 0.275 e. The minimum atomic E-state index is -0.634. The summed E-state index contributed by atoms with van der Waals surface area (Å²) in [6.45, 7) is 0. The molecule has 0 aliphatic carbocycles. The highest BCUT2D eigenvalue weighted by Crippen LogP contribution is 2.29. The van der Waals surface area contributed by atoms with Gasteiger partial charge in [0.2, 0.25) is 5.69 Å². The van der Waals surface area contributed by atoms with E-state index in [4.69, 9.17) is 5.26 Å². The first kappa shape index (κ1) is 12.1. The lowest BCUT2D eigenvalue weighted by Gasteiger charge is -2.02. The van der Waals surface area contributed by atoms with Gasteiger partial charge < -0.3 is 5.21 Å². The van der Waals surface area contributed by atoms with Crippen molar-refractivity contribution in [3.63, 3.8) is 0 Å². The maximum absolute atomic E-state index is 13.8. The quantitative estimate of drug-likeness (QED) is 0.588. The monoisotopic (exact) mass is 266 g/mol. The van der Waals surface area contributed by atoms with E-state index >= 15 is 0 Å². The highest BCUT2D eigenvalue weighted by molar-refractivity contribution is 6.52. The van der Waals surface area contributed by atoms with Crippen molar-refractivity contribution in [3.05, 3.63) is 70.2 Å². The van der Waals surface area contributed by atoms with E-state index in [1.165, 1.54) is 36.4 Å². The zero-order valence-corrected chi connectivity index (χ0v) is 10.1. The second-order valence-corrected chi connectivity index (χ2v) is 4.30. The molecular formula is C15H7FN2O2. The Morgan fingerprint density at radius 2 is 1.90 bits per heavy atom. The fourth-order valence-corrected chi connectivity index (χ4v) is 2.19. The molecule has 4 nitrogen and oxygen atoms in total. The lowest BCUT2D eigenvalue weighted by Crippen LogP contribution is -2.18. The maximum Gasteiger partial charge on any atom is 0.275 e. The third kappa shape index (κ3) is 1.59. The summed E-state index contributed by atoms with van der Waals surface area (Å²) >= 11 is 0. The number of halogens is 1. The lowest BCUT2D eigenvalue weighted by molar-refractivity contribution is -0.355. The van der Waals surface area contributed by atoms with Gasteiger partial charge >= 0.3 is 0 Å². The third-order valence-corrected chi connectivity index (χ3v) is 3.14. The average molecular weight is 266 g/mol. The molecule has 1 aliphatic rings. The first-order valence-electron chi connectivity index (χ1n) is 5.81. The van der Waals surface area contributed by atoms with Crippen LogP contribution in [0.4, 0.5) is 10.1 Å². The number of hydrogen-bond donors (Lipinski definition) is 0. The Kier molecular flexibility index (Phi) is 2.58. The normalized spacial score (nSPS) is 13.3. The zero-order valence-electron chi connectivity index (χ0n) is 10.1. The van der Waals surface area contributed by atoms with Crippen LogP contribution in [0.15, 0.2) is 42.5 Å². The Labute approximate surface area is 113 Å². The summed E-state index contributed by atoms with van der Waals surface area (Å²) in [5.41, 5.74) is 0.229. The van der Waals surface area contributed by atoms with E-state index < -0.39 is 11.6 Å². The number of ketones is 1. The summed E-state index contributed by atoms with van der Waals surface area (Å²) in [6.07, 6.45) is 0. The molecule has 5 heteroatoms. The molecule has 2 aromatic rings. The molecule has 0 saturated carbocycles. The van der Waals surface area contributed by atoms with Crippen LogP contribution in [0.1, 0.15) is 21.5 Å². The highest BCUT2D eigenvalue weighted by Gasteiger charge is 2.38. The van der Waals surface area contributed by atoms with Crippen LogP contribution in [-0.2, 0) is 0 Å². The van der Waals surface area contributed by atoms with Gasteiger partial charge in [-0.1, -0.05) is 12.1 Å². The van der Waals surface area contributed by atoms with Crippen LogP contribution in [-0.4, -0.2) is 16.2 Å². The molecule has 0 atom stereocenters. The predicted molar refractivity (Wildman–Crippen MR) is 69.3 cm³/mol. The summed E-state index contributed by atoms with van der Waals surface area (Å²) in [6, 6.07) is 11.7. The van der Waals surface area contributed by atoms with Crippen LogP contribution >= 0.6 is 0 Å². The largest absolute Gasteiger partial charge is 0.618 e. The number of benzene rings is 2. The van der Waals surface area contributed by atoms with E-state index in [2.05, 4.69) is 0 Å². The van der Waals surface area contributed by atoms with E-state index in [1.807, 2.05) is 6.07 Å². The summed E-state index contributed by atoms with van der Waals surface area (Å²) in [5, 5.41) is 21.0. The van der Waals surface area contributed by atoms with Crippen LogP contribution in [0.3, 0.4) is 0 Å². The van der Waals surface area contributed by atoms with Gasteiger partial charge in [0.15, 0.2) is 0 Å². The van der Waals surface area contributed by atoms with Gasteiger partial charge in [0, 0.05) is 6.07 Å². The van der Waals surface area contributed by atoms with E-state index in [0.717, 1.165) is 0 Å². The highest BCUT2D eigenvalue weighted by atomic mass is 19.1. The molecule has 2 aromatic carbocycles. The van der Waals surface area contributed by atoms with Crippen LogP contribution in [0.5, 0.6) is 0 Å². The third-order valence-electron chi connectivity index (χ3n) is 3.14. The van der Waals surface area contributed by atoms with E-state index in [-0.39, 0.29) is 28.1 Å². The minimum Gasteiger partial charge on any atom is -0.618 e. The summed E-state index contributed by atoms with van der Waals surface area (Å²) < 4.78 is 14.2. The second kappa shape index (κ2) is 4.28. The van der Waals surface area contributed by atoms with Gasteiger partial charge in [-0.15, -0.1) is 0 Å². The molecule has 0 fully saturated rings. The van der Waals surface area contributed by atoms with Gasteiger partial charge in [0.1, 0.15) is 11.4 Å². The van der Waals surface area contributed by atoms with Crippen LogP contribution < -0.4 is 0 Å². The zero-order chi connectivity index (χ0) is 14.3. The van der Waals surface area contributed by atoms with Crippen molar-refractivity contribution in [3.8, 4) is 6.07 Å². The number of carbonyl (C=O) groups is 1. The second-order valence-electron chi connectivity index (χ2n) is 4.30. The Morgan fingerprint density at radius 3 is 2.60 bits per heavy atom. The Morgan fingerprint density at radius 1 is 1.15 bits per heavy atom. The molecule has 20 heavy (non-hydrogen) atoms. The van der Waals surface area contributed by atoms with Crippen molar-refractivity contribution in [1.82, 2.24) is 0 Å². The van der Waals surface area contributed by atoms with Crippen molar-refractivity contribution in [2.75, 3.05) is 0 Å². The maximum atomic E-state index is 13.8. The molecule has 1 heterocycles. The average Bonchev–Trinajstić information content (AvgIpc) is 2.71. The van der Waals surface area contributed by atoms with Crippen LogP contribution in [0.25, 0.3) is 0 Å². The molecule has 1 aliphatic heterocycles. The predicted octanol–water partition coefficient (Wildman–Crippen LogP) is 2.52. The SMILES string of the molecule is N#Cc1ccc2c(c1)[N+]([O-])=C(c1ccccc1F)C2=O. The molecule has 3 rings (SSSR count). The van der Waals surface area contributed by atoms with Gasteiger partial charge in [-0.25, -0.2) is 4.39 Å². The van der Waals surface area contributed by atoms with Crippen molar-refractivity contribution in [2.45, 2.75) is 0 Å². The van der Waals surface area contributed by atoms with Gasteiger partial charge in [-0.05, 0) is 24.3 Å². The number of nitrogens with zero attached hydrogens (tertiary/aromatic N) is 2. The van der Waals surface area contributed by atoms with Crippen molar-refractivity contribution in [2.24, 2.45) is 0 Å². The van der Waals surface area contributed by atoms with Crippen molar-refractivity contribution < 1.29 is 13.9 Å². The number of rotatable bonds is 1. The Bertz CT molecular complexity index is 819. The number of nitriles is 1. The van der Waals surface area contributed by atoms with E-state index in [0.29, 0.717) is 4.74 Å².